The van der Waals surface area contributed by atoms with Crippen molar-refractivity contribution >= 4 is 0 Å². The van der Waals surface area contributed by atoms with Gasteiger partial charge in [-0.3, -0.25) is 0 Å². The van der Waals surface area contributed by atoms with Crippen LogP contribution >= 0.6 is 0 Å². The summed E-state index contributed by atoms with van der Waals surface area (Å²) in [5.41, 5.74) is 0.168. The van der Waals surface area contributed by atoms with Crippen LogP contribution in [0.15, 0.2) is 0 Å². The molecule has 0 aromatic rings. The van der Waals surface area contributed by atoms with Crippen molar-refractivity contribution in [2.24, 2.45) is 0 Å². The van der Waals surface area contributed by atoms with E-state index in [1.807, 2.05) is 0 Å². The predicted molar refractivity (Wildman–Crippen MR) is 43.1 cm³/mol. The summed E-state index contributed by atoms with van der Waals surface area (Å²) in [5, 5.41) is 0. The molecule has 1 fully saturated rings. The Morgan fingerprint density at radius 2 is 1.80 bits per heavy atom. The van der Waals surface area contributed by atoms with Crippen LogP contribution in [0.3, 0.4) is 0 Å². The van der Waals surface area contributed by atoms with Crippen LogP contribution in [0.2, 0.25) is 0 Å². The molecular formula is C9H18O. The molecule has 0 aromatic heterocycles. The lowest BCUT2D eigenvalue weighted by Gasteiger charge is -2.27. The fraction of sp³-hybridized carbons (Fsp3) is 1.00. The first-order valence-electron chi connectivity index (χ1n) is 4.38. The molecule has 0 N–H and O–H groups in total. The first-order valence-corrected chi connectivity index (χ1v) is 4.38. The van der Waals surface area contributed by atoms with Crippen molar-refractivity contribution < 1.29 is 4.74 Å². The normalized spacial score (nSPS) is 19.5. The van der Waals surface area contributed by atoms with Gasteiger partial charge in [0, 0.05) is 0 Å². The Labute approximate surface area is 63.8 Å². The van der Waals surface area contributed by atoms with Crippen molar-refractivity contribution in [1.29, 1.82) is 0 Å². The Hall–Kier alpha value is -0.0400. The summed E-state index contributed by atoms with van der Waals surface area (Å²) >= 11 is 0. The van der Waals surface area contributed by atoms with E-state index in [4.69, 9.17) is 4.74 Å². The molecule has 0 radical (unpaired) electrons. The SMILES string of the molecule is CCC(C)(CC)OC1CC1. The fourth-order valence-electron chi connectivity index (χ4n) is 1.00. The quantitative estimate of drug-likeness (QED) is 0.586. The van der Waals surface area contributed by atoms with E-state index >= 15 is 0 Å². The number of rotatable bonds is 4. The minimum atomic E-state index is 0.168. The van der Waals surface area contributed by atoms with Gasteiger partial charge in [0.25, 0.3) is 0 Å². The Morgan fingerprint density at radius 3 is 2.10 bits per heavy atom. The van der Waals surface area contributed by atoms with Gasteiger partial charge in [0.05, 0.1) is 11.7 Å². The van der Waals surface area contributed by atoms with Crippen molar-refractivity contribution in [3.8, 4) is 0 Å². The zero-order valence-corrected chi connectivity index (χ0v) is 7.31. The second kappa shape index (κ2) is 2.91. The fourth-order valence-corrected chi connectivity index (χ4v) is 1.00. The molecule has 60 valence electrons. The maximum absolute atomic E-state index is 5.85. The van der Waals surface area contributed by atoms with Gasteiger partial charge in [-0.1, -0.05) is 13.8 Å². The highest BCUT2D eigenvalue weighted by Crippen LogP contribution is 2.32. The van der Waals surface area contributed by atoms with Crippen molar-refractivity contribution in [1.82, 2.24) is 0 Å². The highest BCUT2D eigenvalue weighted by Gasteiger charge is 2.31. The molecule has 0 aromatic carbocycles. The van der Waals surface area contributed by atoms with Gasteiger partial charge in [0.15, 0.2) is 0 Å². The van der Waals surface area contributed by atoms with E-state index in [0.29, 0.717) is 6.10 Å². The van der Waals surface area contributed by atoms with Gasteiger partial charge in [-0.2, -0.15) is 0 Å². The van der Waals surface area contributed by atoms with Crippen LogP contribution in [0.25, 0.3) is 0 Å². The third kappa shape index (κ3) is 1.98. The third-order valence-corrected chi connectivity index (χ3v) is 2.47. The molecule has 1 nitrogen and oxygen atoms in total. The summed E-state index contributed by atoms with van der Waals surface area (Å²) in [6.07, 6.45) is 5.45. The first kappa shape index (κ1) is 8.06. The Kier molecular flexibility index (Phi) is 2.35. The molecule has 0 saturated heterocycles. The maximum Gasteiger partial charge on any atom is 0.0653 e. The molecule has 1 aliphatic carbocycles. The van der Waals surface area contributed by atoms with Gasteiger partial charge in [0.1, 0.15) is 0 Å². The van der Waals surface area contributed by atoms with Gasteiger partial charge in [-0.05, 0) is 32.6 Å². The smallest absolute Gasteiger partial charge is 0.0653 e. The number of hydrogen-bond donors (Lipinski definition) is 0. The Morgan fingerprint density at radius 1 is 1.30 bits per heavy atom. The van der Waals surface area contributed by atoms with E-state index in [1.165, 1.54) is 12.8 Å². The second-order valence-corrected chi connectivity index (χ2v) is 3.47. The summed E-state index contributed by atoms with van der Waals surface area (Å²) in [5.74, 6) is 0. The molecule has 1 saturated carbocycles. The third-order valence-electron chi connectivity index (χ3n) is 2.47. The average Bonchev–Trinajstić information content (AvgIpc) is 2.72. The van der Waals surface area contributed by atoms with E-state index in [2.05, 4.69) is 20.8 Å². The van der Waals surface area contributed by atoms with Crippen LogP contribution in [0, 0.1) is 0 Å². The number of hydrogen-bond acceptors (Lipinski definition) is 1. The van der Waals surface area contributed by atoms with E-state index < -0.39 is 0 Å². The summed E-state index contributed by atoms with van der Waals surface area (Å²) in [4.78, 5) is 0. The van der Waals surface area contributed by atoms with Gasteiger partial charge in [-0.15, -0.1) is 0 Å². The zero-order valence-electron chi connectivity index (χ0n) is 7.31. The van der Waals surface area contributed by atoms with E-state index in [0.717, 1.165) is 12.8 Å². The zero-order chi connectivity index (χ0) is 7.61. The summed E-state index contributed by atoms with van der Waals surface area (Å²) in [6.45, 7) is 6.61. The lowest BCUT2D eigenvalue weighted by Crippen LogP contribution is -2.27. The molecule has 0 unspecified atom stereocenters. The van der Waals surface area contributed by atoms with Gasteiger partial charge in [-0.25, -0.2) is 0 Å². The monoisotopic (exact) mass is 142 g/mol. The van der Waals surface area contributed by atoms with E-state index in [9.17, 15) is 0 Å². The molecule has 0 amide bonds. The van der Waals surface area contributed by atoms with Gasteiger partial charge in [0.2, 0.25) is 0 Å². The molecule has 0 bridgehead atoms. The largest absolute Gasteiger partial charge is 0.372 e. The van der Waals surface area contributed by atoms with E-state index in [1.54, 1.807) is 0 Å². The Bertz CT molecular complexity index is 101. The summed E-state index contributed by atoms with van der Waals surface area (Å²) < 4.78 is 5.85. The van der Waals surface area contributed by atoms with Crippen LogP contribution in [0.4, 0.5) is 0 Å². The molecule has 0 spiro atoms. The van der Waals surface area contributed by atoms with Crippen LogP contribution in [0.1, 0.15) is 46.5 Å². The van der Waals surface area contributed by atoms with Crippen molar-refractivity contribution in [3.63, 3.8) is 0 Å². The van der Waals surface area contributed by atoms with Crippen LogP contribution < -0.4 is 0 Å². The highest BCUT2D eigenvalue weighted by atomic mass is 16.5. The van der Waals surface area contributed by atoms with Crippen molar-refractivity contribution in [2.75, 3.05) is 0 Å². The highest BCUT2D eigenvalue weighted by molar-refractivity contribution is 4.80. The molecule has 1 aliphatic rings. The molecule has 0 atom stereocenters. The first-order chi connectivity index (χ1) is 4.70. The molecule has 1 rings (SSSR count). The molecule has 0 heterocycles. The van der Waals surface area contributed by atoms with Gasteiger partial charge >= 0.3 is 0 Å². The lowest BCUT2D eigenvalue weighted by molar-refractivity contribution is -0.0482. The molecule has 10 heavy (non-hydrogen) atoms. The van der Waals surface area contributed by atoms with Gasteiger partial charge < -0.3 is 4.74 Å². The second-order valence-electron chi connectivity index (χ2n) is 3.47. The maximum atomic E-state index is 5.85. The minimum absolute atomic E-state index is 0.168. The number of ether oxygens (including phenoxy) is 1. The Balaban J connectivity index is 2.29. The van der Waals surface area contributed by atoms with E-state index in [-0.39, 0.29) is 5.60 Å². The lowest BCUT2D eigenvalue weighted by atomic mass is 10.0. The molecule has 1 heteroatoms. The van der Waals surface area contributed by atoms with Crippen LogP contribution in [-0.2, 0) is 4.74 Å². The summed E-state index contributed by atoms with van der Waals surface area (Å²) in [6, 6.07) is 0. The van der Waals surface area contributed by atoms with Crippen molar-refractivity contribution in [2.45, 2.75) is 58.2 Å². The molecule has 0 aliphatic heterocycles. The topological polar surface area (TPSA) is 9.23 Å². The molecular weight excluding hydrogens is 124 g/mol. The predicted octanol–water partition coefficient (Wildman–Crippen LogP) is 2.74. The van der Waals surface area contributed by atoms with Crippen molar-refractivity contribution in [3.05, 3.63) is 0 Å². The average molecular weight is 142 g/mol. The van der Waals surface area contributed by atoms with Crippen LogP contribution in [0.5, 0.6) is 0 Å². The van der Waals surface area contributed by atoms with Crippen LogP contribution in [-0.4, -0.2) is 11.7 Å². The minimum Gasteiger partial charge on any atom is -0.372 e. The summed E-state index contributed by atoms with van der Waals surface area (Å²) in [7, 11) is 0. The standard InChI is InChI=1S/C9H18O/c1-4-9(3,5-2)10-8-6-7-8/h8H,4-7H2,1-3H3.